The number of aliphatic carboxylic acids is 1. The first-order valence-corrected chi connectivity index (χ1v) is 6.03. The van der Waals surface area contributed by atoms with E-state index < -0.39 is 16.9 Å². The largest absolute Gasteiger partial charge is 0.480 e. The monoisotopic (exact) mass is 265 g/mol. The molecular formula is C12H15N3O4. The number of hydrogen-bond acceptors (Lipinski definition) is 5. The van der Waals surface area contributed by atoms with Gasteiger partial charge in [0.05, 0.1) is 4.92 Å². The van der Waals surface area contributed by atoms with E-state index in [9.17, 15) is 20.0 Å². The van der Waals surface area contributed by atoms with Crippen molar-refractivity contribution < 1.29 is 14.8 Å². The van der Waals surface area contributed by atoms with E-state index in [2.05, 4.69) is 4.98 Å². The van der Waals surface area contributed by atoms with Gasteiger partial charge >= 0.3 is 5.97 Å². The Labute approximate surface area is 110 Å². The lowest BCUT2D eigenvalue weighted by molar-refractivity contribution is -0.385. The van der Waals surface area contributed by atoms with Crippen molar-refractivity contribution in [1.29, 1.82) is 0 Å². The quantitative estimate of drug-likeness (QED) is 0.658. The zero-order valence-corrected chi connectivity index (χ0v) is 10.7. The van der Waals surface area contributed by atoms with E-state index in [1.807, 2.05) is 6.92 Å². The topological polar surface area (TPSA) is 96.6 Å². The second-order valence-corrected chi connectivity index (χ2v) is 4.77. The summed E-state index contributed by atoms with van der Waals surface area (Å²) in [6.07, 6.45) is 0.773. The molecule has 2 atom stereocenters. The standard InChI is InChI=1S/C12H15N3O4/c1-7-5-6-14(11(7)12(16)17)10-4-3-9(15(18)19)8(2)13-10/h3-4,7,11H,5-6H2,1-2H3,(H,16,17). The summed E-state index contributed by atoms with van der Waals surface area (Å²) in [6, 6.07) is 2.27. The molecule has 1 fully saturated rings. The number of carboxylic acids is 1. The fourth-order valence-corrected chi connectivity index (χ4v) is 2.47. The van der Waals surface area contributed by atoms with Gasteiger partial charge in [0.25, 0.3) is 5.69 Å². The zero-order chi connectivity index (χ0) is 14.2. The van der Waals surface area contributed by atoms with Gasteiger partial charge in [-0.05, 0) is 25.3 Å². The van der Waals surface area contributed by atoms with E-state index in [1.54, 1.807) is 11.8 Å². The highest BCUT2D eigenvalue weighted by molar-refractivity contribution is 5.79. The van der Waals surface area contributed by atoms with Gasteiger partial charge < -0.3 is 10.0 Å². The number of carboxylic acid groups (broad SMARTS) is 1. The smallest absolute Gasteiger partial charge is 0.326 e. The molecule has 1 aromatic heterocycles. The maximum absolute atomic E-state index is 11.3. The predicted molar refractivity (Wildman–Crippen MR) is 68.2 cm³/mol. The van der Waals surface area contributed by atoms with Crippen LogP contribution in [0.2, 0.25) is 0 Å². The number of hydrogen-bond donors (Lipinski definition) is 1. The SMILES string of the molecule is Cc1nc(N2CCC(C)C2C(=O)O)ccc1[N+](=O)[O-]. The fraction of sp³-hybridized carbons (Fsp3) is 0.500. The van der Waals surface area contributed by atoms with Crippen LogP contribution in [0, 0.1) is 23.0 Å². The molecular weight excluding hydrogens is 250 g/mol. The second kappa shape index (κ2) is 4.83. The molecule has 1 aliphatic heterocycles. The molecule has 7 heteroatoms. The second-order valence-electron chi connectivity index (χ2n) is 4.77. The van der Waals surface area contributed by atoms with Crippen LogP contribution in [0.25, 0.3) is 0 Å². The van der Waals surface area contributed by atoms with Gasteiger partial charge in [0.15, 0.2) is 0 Å². The molecule has 102 valence electrons. The molecule has 19 heavy (non-hydrogen) atoms. The molecule has 0 spiro atoms. The van der Waals surface area contributed by atoms with E-state index in [-0.39, 0.29) is 11.6 Å². The lowest BCUT2D eigenvalue weighted by Gasteiger charge is -2.24. The Hall–Kier alpha value is -2.18. The Morgan fingerprint density at radius 3 is 2.79 bits per heavy atom. The predicted octanol–water partition coefficient (Wildman–Crippen LogP) is 1.60. The van der Waals surface area contributed by atoms with Crippen LogP contribution < -0.4 is 4.90 Å². The summed E-state index contributed by atoms with van der Waals surface area (Å²) in [5.41, 5.74) is 0.245. The molecule has 1 aliphatic rings. The summed E-state index contributed by atoms with van der Waals surface area (Å²) in [6.45, 7) is 4.04. The minimum absolute atomic E-state index is 0.0369. The first-order chi connectivity index (χ1) is 8.91. The molecule has 0 saturated carbocycles. The van der Waals surface area contributed by atoms with E-state index in [0.717, 1.165) is 6.42 Å². The van der Waals surface area contributed by atoms with Crippen molar-refractivity contribution in [3.63, 3.8) is 0 Å². The van der Waals surface area contributed by atoms with Crippen molar-refractivity contribution in [2.24, 2.45) is 5.92 Å². The van der Waals surface area contributed by atoms with Gasteiger partial charge in [-0.15, -0.1) is 0 Å². The van der Waals surface area contributed by atoms with Gasteiger partial charge in [0.1, 0.15) is 17.6 Å². The molecule has 0 aliphatic carbocycles. The van der Waals surface area contributed by atoms with E-state index in [0.29, 0.717) is 18.1 Å². The fourth-order valence-electron chi connectivity index (χ4n) is 2.47. The lowest BCUT2D eigenvalue weighted by Crippen LogP contribution is -2.39. The molecule has 0 bridgehead atoms. The van der Waals surface area contributed by atoms with Crippen molar-refractivity contribution in [3.05, 3.63) is 27.9 Å². The van der Waals surface area contributed by atoms with E-state index in [1.165, 1.54) is 12.1 Å². The van der Waals surface area contributed by atoms with Gasteiger partial charge in [-0.25, -0.2) is 9.78 Å². The van der Waals surface area contributed by atoms with Gasteiger partial charge in [-0.3, -0.25) is 10.1 Å². The van der Waals surface area contributed by atoms with Crippen LogP contribution in [0.15, 0.2) is 12.1 Å². The highest BCUT2D eigenvalue weighted by Crippen LogP contribution is 2.30. The molecule has 1 N–H and O–H groups in total. The van der Waals surface area contributed by atoms with Crippen LogP contribution in [-0.2, 0) is 4.79 Å². The van der Waals surface area contributed by atoms with Crippen LogP contribution in [0.1, 0.15) is 19.0 Å². The molecule has 1 saturated heterocycles. The van der Waals surface area contributed by atoms with Crippen molar-refractivity contribution in [3.8, 4) is 0 Å². The number of rotatable bonds is 3. The molecule has 2 heterocycles. The molecule has 7 nitrogen and oxygen atoms in total. The van der Waals surface area contributed by atoms with Crippen LogP contribution in [-0.4, -0.2) is 33.6 Å². The highest BCUT2D eigenvalue weighted by atomic mass is 16.6. The van der Waals surface area contributed by atoms with Crippen LogP contribution >= 0.6 is 0 Å². The summed E-state index contributed by atoms with van der Waals surface area (Å²) >= 11 is 0. The third-order valence-electron chi connectivity index (χ3n) is 3.49. The molecule has 0 aromatic carbocycles. The molecule has 2 rings (SSSR count). The van der Waals surface area contributed by atoms with Gasteiger partial charge in [0.2, 0.25) is 0 Å². The Morgan fingerprint density at radius 1 is 1.58 bits per heavy atom. The number of aryl methyl sites for hydroxylation is 1. The maximum atomic E-state index is 11.3. The lowest BCUT2D eigenvalue weighted by atomic mass is 10.0. The first kappa shape index (κ1) is 13.3. The minimum atomic E-state index is -0.886. The summed E-state index contributed by atoms with van der Waals surface area (Å²) in [5.74, 6) is -0.363. The Morgan fingerprint density at radius 2 is 2.26 bits per heavy atom. The Bertz CT molecular complexity index is 532. The Kier molecular flexibility index (Phi) is 3.37. The number of carbonyl (C=O) groups is 1. The highest BCUT2D eigenvalue weighted by Gasteiger charge is 2.37. The summed E-state index contributed by atoms with van der Waals surface area (Å²) in [5, 5.41) is 20.0. The number of nitrogens with zero attached hydrogens (tertiary/aromatic N) is 3. The summed E-state index contributed by atoms with van der Waals surface area (Å²) in [7, 11) is 0. The number of anilines is 1. The van der Waals surface area contributed by atoms with Crippen LogP contribution in [0.3, 0.4) is 0 Å². The van der Waals surface area contributed by atoms with Gasteiger partial charge in [-0.1, -0.05) is 6.92 Å². The van der Waals surface area contributed by atoms with Gasteiger partial charge in [-0.2, -0.15) is 0 Å². The van der Waals surface area contributed by atoms with Crippen molar-refractivity contribution in [1.82, 2.24) is 4.98 Å². The normalized spacial score (nSPS) is 22.5. The van der Waals surface area contributed by atoms with Crippen molar-refractivity contribution in [2.75, 3.05) is 11.4 Å². The molecule has 0 radical (unpaired) electrons. The third-order valence-corrected chi connectivity index (χ3v) is 3.49. The summed E-state index contributed by atoms with van der Waals surface area (Å²) in [4.78, 5) is 27.4. The van der Waals surface area contributed by atoms with E-state index >= 15 is 0 Å². The van der Waals surface area contributed by atoms with Crippen molar-refractivity contribution in [2.45, 2.75) is 26.3 Å². The first-order valence-electron chi connectivity index (χ1n) is 6.03. The average Bonchev–Trinajstić information content (AvgIpc) is 2.70. The van der Waals surface area contributed by atoms with Crippen LogP contribution in [0.4, 0.5) is 11.5 Å². The molecule has 1 aromatic rings. The molecule has 2 unspecified atom stereocenters. The number of aromatic nitrogens is 1. The van der Waals surface area contributed by atoms with Crippen molar-refractivity contribution >= 4 is 17.5 Å². The number of nitro groups is 1. The van der Waals surface area contributed by atoms with E-state index in [4.69, 9.17) is 0 Å². The zero-order valence-electron chi connectivity index (χ0n) is 10.7. The maximum Gasteiger partial charge on any atom is 0.326 e. The average molecular weight is 265 g/mol. The molecule has 0 amide bonds. The number of pyridine rings is 1. The van der Waals surface area contributed by atoms with Crippen LogP contribution in [0.5, 0.6) is 0 Å². The summed E-state index contributed by atoms with van der Waals surface area (Å²) < 4.78 is 0. The minimum Gasteiger partial charge on any atom is -0.480 e. The Balaban J connectivity index is 2.34. The van der Waals surface area contributed by atoms with Gasteiger partial charge in [0, 0.05) is 12.6 Å². The third kappa shape index (κ3) is 2.35.